The van der Waals surface area contributed by atoms with Crippen molar-refractivity contribution in [3.8, 4) is 0 Å². The van der Waals surface area contributed by atoms with Crippen molar-refractivity contribution in [2.75, 3.05) is 11.9 Å². The molecule has 0 saturated heterocycles. The number of fused-ring (bicyclic) bond motifs is 1. The molecule has 2 heterocycles. The molecule has 2 amide bonds. The summed E-state index contributed by atoms with van der Waals surface area (Å²) >= 11 is 6.24. The minimum absolute atomic E-state index is 0.0689. The highest BCUT2D eigenvalue weighted by Crippen LogP contribution is 2.26. The first-order valence-corrected chi connectivity index (χ1v) is 9.56. The number of pyridine rings is 1. The Morgan fingerprint density at radius 2 is 2.07 bits per heavy atom. The second kappa shape index (κ2) is 7.60. The summed E-state index contributed by atoms with van der Waals surface area (Å²) in [6.07, 6.45) is 2.46. The maximum absolute atomic E-state index is 12.7. The molecule has 9 heteroatoms. The normalized spacial score (nSPS) is 19.6. The molecule has 0 aliphatic heterocycles. The molecular formula is C19H25ClN4O4. The van der Waals surface area contributed by atoms with Crippen LogP contribution in [-0.4, -0.2) is 51.5 Å². The lowest BCUT2D eigenvalue weighted by Crippen LogP contribution is -2.35. The number of halogens is 1. The lowest BCUT2D eigenvalue weighted by Gasteiger charge is -2.25. The first-order chi connectivity index (χ1) is 13.0. The summed E-state index contributed by atoms with van der Waals surface area (Å²) in [5, 5.41) is 17.2. The number of nitrogens with one attached hydrogen (secondary N) is 1. The predicted octanol–water partition coefficient (Wildman–Crippen LogP) is 3.00. The van der Waals surface area contributed by atoms with Crippen molar-refractivity contribution < 1.29 is 19.4 Å². The first kappa shape index (κ1) is 20.4. The zero-order valence-electron chi connectivity index (χ0n) is 16.4. The molecule has 0 aromatic carbocycles. The van der Waals surface area contributed by atoms with Gasteiger partial charge in [0.1, 0.15) is 11.4 Å². The third kappa shape index (κ3) is 4.39. The highest BCUT2D eigenvalue weighted by atomic mass is 35.5. The topological polar surface area (TPSA) is 96.2 Å². The van der Waals surface area contributed by atoms with Crippen LogP contribution in [0, 0.1) is 0 Å². The van der Waals surface area contributed by atoms with Gasteiger partial charge in [0.2, 0.25) is 0 Å². The standard InChI is InChI=1S/C19H25ClN4O4/c1-19(2,3)28-18(27)23(4)16-8-11(20)7-15-14(10-21-24(15)16)17(26)22-12-5-6-13(25)9-12/h7-8,10,12-13,25H,5-6,9H2,1-4H3,(H,22,26)/t12-,13-/m1/s1. The molecule has 0 bridgehead atoms. The van der Waals surface area contributed by atoms with E-state index in [1.807, 2.05) is 0 Å². The van der Waals surface area contributed by atoms with Crippen LogP contribution < -0.4 is 10.2 Å². The van der Waals surface area contributed by atoms with Gasteiger partial charge in [-0.3, -0.25) is 9.69 Å². The highest BCUT2D eigenvalue weighted by molar-refractivity contribution is 6.31. The molecule has 0 spiro atoms. The molecule has 2 atom stereocenters. The van der Waals surface area contributed by atoms with Gasteiger partial charge in [-0.05, 0) is 52.2 Å². The van der Waals surface area contributed by atoms with Gasteiger partial charge in [-0.15, -0.1) is 0 Å². The fourth-order valence-electron chi connectivity index (χ4n) is 3.23. The van der Waals surface area contributed by atoms with E-state index in [2.05, 4.69) is 10.4 Å². The summed E-state index contributed by atoms with van der Waals surface area (Å²) in [6, 6.07) is 3.14. The third-order valence-electron chi connectivity index (χ3n) is 4.56. The van der Waals surface area contributed by atoms with Crippen molar-refractivity contribution in [3.63, 3.8) is 0 Å². The van der Waals surface area contributed by atoms with Gasteiger partial charge >= 0.3 is 6.09 Å². The Hall–Kier alpha value is -2.32. The monoisotopic (exact) mass is 408 g/mol. The van der Waals surface area contributed by atoms with Crippen LogP contribution in [0.1, 0.15) is 50.4 Å². The SMILES string of the molecule is CN(C(=O)OC(C)(C)C)c1cc(Cl)cc2c(C(=O)N[C@@H]3CC[C@@H](O)C3)cnn12. The van der Waals surface area contributed by atoms with Crippen molar-refractivity contribution >= 4 is 34.9 Å². The average molecular weight is 409 g/mol. The molecule has 3 rings (SSSR count). The van der Waals surface area contributed by atoms with Crippen molar-refractivity contribution in [1.82, 2.24) is 14.9 Å². The zero-order chi connectivity index (χ0) is 20.6. The quantitative estimate of drug-likeness (QED) is 0.813. The average Bonchev–Trinajstić information content (AvgIpc) is 3.17. The van der Waals surface area contributed by atoms with Gasteiger partial charge < -0.3 is 15.2 Å². The maximum Gasteiger partial charge on any atom is 0.415 e. The number of hydrogen-bond donors (Lipinski definition) is 2. The molecule has 28 heavy (non-hydrogen) atoms. The van der Waals surface area contributed by atoms with Crippen molar-refractivity contribution in [2.45, 2.75) is 57.8 Å². The van der Waals surface area contributed by atoms with Gasteiger partial charge in [0, 0.05) is 18.1 Å². The number of anilines is 1. The fraction of sp³-hybridized carbons (Fsp3) is 0.526. The van der Waals surface area contributed by atoms with Gasteiger partial charge in [-0.1, -0.05) is 11.6 Å². The number of aromatic nitrogens is 2. The largest absolute Gasteiger partial charge is 0.443 e. The second-order valence-electron chi connectivity index (χ2n) is 8.06. The molecule has 152 valence electrons. The van der Waals surface area contributed by atoms with Crippen LogP contribution in [0.2, 0.25) is 5.02 Å². The number of rotatable bonds is 3. The summed E-state index contributed by atoms with van der Waals surface area (Å²) in [7, 11) is 1.56. The summed E-state index contributed by atoms with van der Waals surface area (Å²) in [5.41, 5.74) is 0.181. The number of hydrogen-bond acceptors (Lipinski definition) is 5. The summed E-state index contributed by atoms with van der Waals surface area (Å²) < 4.78 is 6.88. The first-order valence-electron chi connectivity index (χ1n) is 9.18. The molecule has 1 saturated carbocycles. The fourth-order valence-corrected chi connectivity index (χ4v) is 3.43. The predicted molar refractivity (Wildman–Crippen MR) is 106 cm³/mol. The van der Waals surface area contributed by atoms with Crippen LogP contribution in [0.4, 0.5) is 10.6 Å². The number of carbonyl (C=O) groups excluding carboxylic acids is 2. The number of nitrogens with zero attached hydrogens (tertiary/aromatic N) is 3. The van der Waals surface area contributed by atoms with E-state index in [-0.39, 0.29) is 18.1 Å². The number of amides is 2. The highest BCUT2D eigenvalue weighted by Gasteiger charge is 2.27. The molecule has 8 nitrogen and oxygen atoms in total. The van der Waals surface area contributed by atoms with Crippen LogP contribution in [-0.2, 0) is 4.74 Å². The molecule has 2 aromatic rings. The van der Waals surface area contributed by atoms with Gasteiger partial charge in [0.25, 0.3) is 5.91 Å². The Morgan fingerprint density at radius 3 is 2.68 bits per heavy atom. The van der Waals surface area contributed by atoms with E-state index < -0.39 is 11.7 Å². The molecule has 0 unspecified atom stereocenters. The van der Waals surface area contributed by atoms with E-state index in [1.165, 1.54) is 15.6 Å². The van der Waals surface area contributed by atoms with Gasteiger partial charge in [-0.25, -0.2) is 9.31 Å². The summed E-state index contributed by atoms with van der Waals surface area (Å²) in [6.45, 7) is 5.34. The van der Waals surface area contributed by atoms with E-state index in [9.17, 15) is 14.7 Å². The smallest absolute Gasteiger partial charge is 0.415 e. The second-order valence-corrected chi connectivity index (χ2v) is 8.50. The minimum Gasteiger partial charge on any atom is -0.443 e. The van der Waals surface area contributed by atoms with Gasteiger partial charge in [-0.2, -0.15) is 5.10 Å². The maximum atomic E-state index is 12.7. The Labute approximate surface area is 168 Å². The molecule has 1 fully saturated rings. The molecule has 2 aromatic heterocycles. The van der Waals surface area contributed by atoms with Crippen molar-refractivity contribution in [1.29, 1.82) is 0 Å². The Kier molecular flexibility index (Phi) is 5.54. The Balaban J connectivity index is 1.90. The zero-order valence-corrected chi connectivity index (χ0v) is 17.2. The lowest BCUT2D eigenvalue weighted by atomic mass is 10.2. The number of carbonyl (C=O) groups is 2. The van der Waals surface area contributed by atoms with Crippen LogP contribution in [0.3, 0.4) is 0 Å². The molecular weight excluding hydrogens is 384 g/mol. The van der Waals surface area contributed by atoms with Crippen LogP contribution in [0.5, 0.6) is 0 Å². The van der Waals surface area contributed by atoms with E-state index in [0.29, 0.717) is 34.8 Å². The lowest BCUT2D eigenvalue weighted by molar-refractivity contribution is 0.0587. The van der Waals surface area contributed by atoms with E-state index >= 15 is 0 Å². The van der Waals surface area contributed by atoms with E-state index in [0.717, 1.165) is 6.42 Å². The van der Waals surface area contributed by atoms with E-state index in [4.69, 9.17) is 16.3 Å². The molecule has 1 aliphatic rings. The molecule has 0 radical (unpaired) electrons. The van der Waals surface area contributed by atoms with Gasteiger partial charge in [0.05, 0.1) is 23.4 Å². The van der Waals surface area contributed by atoms with Crippen molar-refractivity contribution in [2.24, 2.45) is 0 Å². The Morgan fingerprint density at radius 1 is 1.36 bits per heavy atom. The summed E-state index contributed by atoms with van der Waals surface area (Å²) in [5.74, 6) is 0.0920. The minimum atomic E-state index is -0.649. The number of aliphatic hydroxyl groups is 1. The number of aliphatic hydroxyl groups excluding tert-OH is 1. The molecule has 1 aliphatic carbocycles. The Bertz CT molecular complexity index is 905. The summed E-state index contributed by atoms with van der Waals surface area (Å²) in [4.78, 5) is 26.4. The molecule has 2 N–H and O–H groups in total. The van der Waals surface area contributed by atoms with Crippen LogP contribution in [0.25, 0.3) is 5.52 Å². The van der Waals surface area contributed by atoms with Crippen LogP contribution >= 0.6 is 11.6 Å². The van der Waals surface area contributed by atoms with Crippen LogP contribution in [0.15, 0.2) is 18.3 Å². The van der Waals surface area contributed by atoms with Gasteiger partial charge in [0.15, 0.2) is 0 Å². The van der Waals surface area contributed by atoms with Crippen molar-refractivity contribution in [3.05, 3.63) is 28.9 Å². The van der Waals surface area contributed by atoms with E-state index in [1.54, 1.807) is 40.0 Å². The number of ether oxygens (including phenoxy) is 1. The third-order valence-corrected chi connectivity index (χ3v) is 4.78.